The van der Waals surface area contributed by atoms with Crippen molar-refractivity contribution in [3.05, 3.63) is 65.7 Å². The molecule has 21 heavy (non-hydrogen) atoms. The number of fused-ring (bicyclic) bond motifs is 1. The van der Waals surface area contributed by atoms with Crippen molar-refractivity contribution >= 4 is 5.69 Å². The van der Waals surface area contributed by atoms with E-state index in [4.69, 9.17) is 5.73 Å². The molecule has 0 spiro atoms. The van der Waals surface area contributed by atoms with Gasteiger partial charge < -0.3 is 10.6 Å². The van der Waals surface area contributed by atoms with Crippen LogP contribution in [0.3, 0.4) is 0 Å². The lowest BCUT2D eigenvalue weighted by molar-refractivity contribution is 0.378. The van der Waals surface area contributed by atoms with Crippen LogP contribution in [0.5, 0.6) is 0 Å². The van der Waals surface area contributed by atoms with Crippen LogP contribution in [0, 0.1) is 0 Å². The van der Waals surface area contributed by atoms with Crippen molar-refractivity contribution in [2.75, 3.05) is 11.4 Å². The molecule has 0 bridgehead atoms. The Morgan fingerprint density at radius 2 is 1.71 bits per heavy atom. The molecule has 0 saturated heterocycles. The highest BCUT2D eigenvalue weighted by molar-refractivity contribution is 5.57. The summed E-state index contributed by atoms with van der Waals surface area (Å²) in [5.41, 5.74) is 10.3. The van der Waals surface area contributed by atoms with Crippen LogP contribution >= 0.6 is 0 Å². The molecule has 0 aliphatic carbocycles. The Kier molecular flexibility index (Phi) is 3.73. The molecule has 1 heterocycles. The van der Waals surface area contributed by atoms with Gasteiger partial charge in [0.1, 0.15) is 0 Å². The third kappa shape index (κ3) is 2.56. The molecule has 0 saturated carbocycles. The number of benzene rings is 2. The van der Waals surface area contributed by atoms with Gasteiger partial charge in [-0.1, -0.05) is 48.5 Å². The van der Waals surface area contributed by atoms with Gasteiger partial charge in [0.2, 0.25) is 0 Å². The van der Waals surface area contributed by atoms with E-state index >= 15 is 0 Å². The predicted octanol–water partition coefficient (Wildman–Crippen LogP) is 3.70. The summed E-state index contributed by atoms with van der Waals surface area (Å²) in [5.74, 6) is 0. The van der Waals surface area contributed by atoms with Crippen molar-refractivity contribution in [3.63, 3.8) is 0 Å². The highest BCUT2D eigenvalue weighted by Gasteiger charge is 2.34. The molecule has 2 N–H and O–H groups in total. The van der Waals surface area contributed by atoms with E-state index in [2.05, 4.69) is 67.3 Å². The van der Waals surface area contributed by atoms with Gasteiger partial charge in [0.25, 0.3) is 0 Å². The Hall–Kier alpha value is -1.80. The second-order valence-electron chi connectivity index (χ2n) is 6.25. The van der Waals surface area contributed by atoms with Crippen LogP contribution in [0.4, 0.5) is 5.69 Å². The van der Waals surface area contributed by atoms with Crippen molar-refractivity contribution in [2.45, 2.75) is 38.3 Å². The third-order valence-corrected chi connectivity index (χ3v) is 4.88. The fourth-order valence-corrected chi connectivity index (χ4v) is 3.33. The summed E-state index contributed by atoms with van der Waals surface area (Å²) < 4.78 is 0. The molecule has 3 rings (SSSR count). The number of hydrogen-bond acceptors (Lipinski definition) is 2. The molecular formula is C19H24N2. The maximum Gasteiger partial charge on any atom is 0.0584 e. The quantitative estimate of drug-likeness (QED) is 0.929. The molecule has 1 aliphatic rings. The molecular weight excluding hydrogens is 256 g/mol. The van der Waals surface area contributed by atoms with Crippen molar-refractivity contribution < 1.29 is 0 Å². The topological polar surface area (TPSA) is 29.3 Å². The minimum Gasteiger partial charge on any atom is -0.366 e. The van der Waals surface area contributed by atoms with Crippen LogP contribution in [-0.2, 0) is 12.0 Å². The van der Waals surface area contributed by atoms with E-state index in [0.29, 0.717) is 0 Å². The maximum absolute atomic E-state index is 6.73. The molecule has 0 amide bonds. The standard InChI is InChI=1S/C19H24N2/c1-15(19(2,20)17-11-4-3-5-12-17)21-14-8-10-16-9-6-7-13-18(16)21/h3-7,9,11-13,15H,8,10,14,20H2,1-2H3. The van der Waals surface area contributed by atoms with E-state index in [-0.39, 0.29) is 11.6 Å². The zero-order valence-corrected chi connectivity index (χ0v) is 12.9. The number of rotatable bonds is 3. The Labute approximate surface area is 127 Å². The number of nitrogens with two attached hydrogens (primary N) is 1. The highest BCUT2D eigenvalue weighted by atomic mass is 15.2. The van der Waals surface area contributed by atoms with Gasteiger partial charge in [-0.25, -0.2) is 0 Å². The second-order valence-corrected chi connectivity index (χ2v) is 6.25. The van der Waals surface area contributed by atoms with Gasteiger partial charge in [0.15, 0.2) is 0 Å². The molecule has 2 heteroatoms. The summed E-state index contributed by atoms with van der Waals surface area (Å²) in [4.78, 5) is 2.48. The molecule has 2 nitrogen and oxygen atoms in total. The van der Waals surface area contributed by atoms with Crippen LogP contribution in [0.25, 0.3) is 0 Å². The van der Waals surface area contributed by atoms with Crippen molar-refractivity contribution in [1.29, 1.82) is 0 Å². The van der Waals surface area contributed by atoms with E-state index in [9.17, 15) is 0 Å². The van der Waals surface area contributed by atoms with Gasteiger partial charge in [0, 0.05) is 18.3 Å². The average molecular weight is 280 g/mol. The lowest BCUT2D eigenvalue weighted by Crippen LogP contribution is -2.54. The van der Waals surface area contributed by atoms with Gasteiger partial charge in [-0.3, -0.25) is 0 Å². The van der Waals surface area contributed by atoms with Crippen LogP contribution < -0.4 is 10.6 Å². The average Bonchev–Trinajstić information content (AvgIpc) is 2.54. The number of aryl methyl sites for hydroxylation is 1. The number of para-hydroxylation sites is 1. The van der Waals surface area contributed by atoms with Gasteiger partial charge >= 0.3 is 0 Å². The number of anilines is 1. The zero-order valence-electron chi connectivity index (χ0n) is 12.9. The van der Waals surface area contributed by atoms with Crippen LogP contribution in [0.2, 0.25) is 0 Å². The van der Waals surface area contributed by atoms with E-state index in [1.165, 1.54) is 29.7 Å². The minimum absolute atomic E-state index is 0.251. The Morgan fingerprint density at radius 1 is 1.05 bits per heavy atom. The molecule has 1 aliphatic heterocycles. The summed E-state index contributed by atoms with van der Waals surface area (Å²) in [6.45, 7) is 5.47. The molecule has 2 unspecified atom stereocenters. The summed E-state index contributed by atoms with van der Waals surface area (Å²) in [5, 5.41) is 0. The lowest BCUT2D eigenvalue weighted by Gasteiger charge is -2.44. The Balaban J connectivity index is 1.94. The fourth-order valence-electron chi connectivity index (χ4n) is 3.33. The second kappa shape index (κ2) is 5.53. The first kappa shape index (κ1) is 14.2. The summed E-state index contributed by atoms with van der Waals surface area (Å²) in [7, 11) is 0. The fraction of sp³-hybridized carbons (Fsp3) is 0.368. The van der Waals surface area contributed by atoms with Crippen molar-refractivity contribution in [1.82, 2.24) is 0 Å². The van der Waals surface area contributed by atoms with Crippen molar-refractivity contribution in [2.24, 2.45) is 5.73 Å². The zero-order chi connectivity index (χ0) is 14.9. The molecule has 0 fully saturated rings. The van der Waals surface area contributed by atoms with Gasteiger partial charge in [-0.15, -0.1) is 0 Å². The SMILES string of the molecule is CC(N1CCCc2ccccc21)C(C)(N)c1ccccc1. The normalized spacial score (nSPS) is 18.7. The molecule has 0 aromatic heterocycles. The Morgan fingerprint density at radius 3 is 2.48 bits per heavy atom. The summed E-state index contributed by atoms with van der Waals surface area (Å²) in [6, 6.07) is 19.4. The molecule has 2 aromatic rings. The smallest absolute Gasteiger partial charge is 0.0584 e. The Bertz CT molecular complexity index is 604. The lowest BCUT2D eigenvalue weighted by atomic mass is 9.84. The largest absolute Gasteiger partial charge is 0.366 e. The predicted molar refractivity (Wildman–Crippen MR) is 89.6 cm³/mol. The maximum atomic E-state index is 6.73. The first-order chi connectivity index (χ1) is 10.1. The van der Waals surface area contributed by atoms with Crippen LogP contribution in [0.15, 0.2) is 54.6 Å². The van der Waals surface area contributed by atoms with Gasteiger partial charge in [-0.2, -0.15) is 0 Å². The van der Waals surface area contributed by atoms with Crippen LogP contribution in [0.1, 0.15) is 31.4 Å². The van der Waals surface area contributed by atoms with E-state index < -0.39 is 0 Å². The van der Waals surface area contributed by atoms with Crippen molar-refractivity contribution in [3.8, 4) is 0 Å². The van der Waals surface area contributed by atoms with Gasteiger partial charge in [0.05, 0.1) is 5.54 Å². The molecule has 0 radical (unpaired) electrons. The van der Waals surface area contributed by atoms with Crippen LogP contribution in [-0.4, -0.2) is 12.6 Å². The first-order valence-corrected chi connectivity index (χ1v) is 7.79. The monoisotopic (exact) mass is 280 g/mol. The number of nitrogens with zero attached hydrogens (tertiary/aromatic N) is 1. The van der Waals surface area contributed by atoms with E-state index in [0.717, 1.165) is 6.54 Å². The highest BCUT2D eigenvalue weighted by Crippen LogP contribution is 2.34. The molecule has 2 aromatic carbocycles. The number of hydrogen-bond donors (Lipinski definition) is 1. The summed E-state index contributed by atoms with van der Waals surface area (Å²) >= 11 is 0. The third-order valence-electron chi connectivity index (χ3n) is 4.88. The summed E-state index contributed by atoms with van der Waals surface area (Å²) in [6.07, 6.45) is 2.37. The molecule has 2 atom stereocenters. The van der Waals surface area contributed by atoms with E-state index in [1.54, 1.807) is 0 Å². The molecule has 110 valence electrons. The first-order valence-electron chi connectivity index (χ1n) is 7.79. The van der Waals surface area contributed by atoms with E-state index in [1.807, 2.05) is 6.07 Å². The minimum atomic E-state index is -0.369. The van der Waals surface area contributed by atoms with Gasteiger partial charge in [-0.05, 0) is 43.9 Å².